The minimum absolute atomic E-state index is 0.0456. The zero-order valence-electron chi connectivity index (χ0n) is 24.9. The van der Waals surface area contributed by atoms with E-state index in [-0.39, 0.29) is 24.0 Å². The lowest BCUT2D eigenvalue weighted by atomic mass is 9.55. The highest BCUT2D eigenvalue weighted by atomic mass is 16.5. The van der Waals surface area contributed by atoms with Crippen LogP contribution in [0, 0.1) is 41.4 Å². The van der Waals surface area contributed by atoms with Gasteiger partial charge in [-0.05, 0) is 128 Å². The fraction of sp³-hybridized carbons (Fsp3) is 0.758. The van der Waals surface area contributed by atoms with Crippen LogP contribution in [-0.2, 0) is 19.1 Å². The van der Waals surface area contributed by atoms with Crippen LogP contribution in [0.2, 0.25) is 0 Å². The molecular formula is C33H51NO4. The first kappa shape index (κ1) is 29.1. The van der Waals surface area contributed by atoms with Crippen LogP contribution in [0.4, 0.5) is 0 Å². The molecule has 4 fully saturated rings. The molecule has 212 valence electrons. The van der Waals surface area contributed by atoms with Gasteiger partial charge >= 0.3 is 11.9 Å². The molecule has 4 aliphatic rings. The summed E-state index contributed by atoms with van der Waals surface area (Å²) in [5.41, 5.74) is 0.896. The molecule has 5 heteroatoms. The third-order valence-corrected chi connectivity index (χ3v) is 9.77. The van der Waals surface area contributed by atoms with Gasteiger partial charge in [0, 0.05) is 6.54 Å². The Morgan fingerprint density at radius 2 is 1.53 bits per heavy atom. The van der Waals surface area contributed by atoms with Crippen LogP contribution < -0.4 is 0 Å². The van der Waals surface area contributed by atoms with Gasteiger partial charge in [0.05, 0.1) is 10.8 Å². The molecule has 4 aliphatic carbocycles. The van der Waals surface area contributed by atoms with Gasteiger partial charge in [-0.15, -0.1) is 0 Å². The molecule has 1 aromatic carbocycles. The number of benzene rings is 1. The van der Waals surface area contributed by atoms with E-state index in [9.17, 15) is 9.59 Å². The van der Waals surface area contributed by atoms with Crippen molar-refractivity contribution in [2.24, 2.45) is 34.5 Å². The molecule has 5 nitrogen and oxygen atoms in total. The molecule has 2 atom stereocenters. The zero-order chi connectivity index (χ0) is 27.7. The van der Waals surface area contributed by atoms with E-state index in [0.717, 1.165) is 18.3 Å². The number of hydrogen-bond acceptors (Lipinski definition) is 5. The predicted octanol–water partition coefficient (Wildman–Crippen LogP) is 6.77. The number of esters is 2. The van der Waals surface area contributed by atoms with Crippen LogP contribution in [0.3, 0.4) is 0 Å². The van der Waals surface area contributed by atoms with E-state index in [4.69, 9.17) is 9.47 Å². The zero-order valence-corrected chi connectivity index (χ0v) is 24.9. The summed E-state index contributed by atoms with van der Waals surface area (Å²) in [7, 11) is 3.93. The van der Waals surface area contributed by atoms with Crippen molar-refractivity contribution in [3.05, 3.63) is 35.4 Å². The largest absolute Gasteiger partial charge is 0.464 e. The first-order valence-corrected chi connectivity index (χ1v) is 15.0. The standard InChI is InChI=1S/C33H51NO4/c1-8-25(26-11-9-22(2)10-12-26)20-33(5,21-32(3,4)30(35)37-14-13-34(6)7)31(36)38-29-27-16-23-15-24(18-27)19-28(29)17-23/h9-12,23-25,27-29H,8,13-21H2,1-7H3. The fourth-order valence-electron chi connectivity index (χ4n) is 8.01. The number of hydrogen-bond donors (Lipinski definition) is 0. The summed E-state index contributed by atoms with van der Waals surface area (Å²) in [5, 5.41) is 0. The average Bonchev–Trinajstić information content (AvgIpc) is 2.84. The third kappa shape index (κ3) is 6.63. The second-order valence-corrected chi connectivity index (χ2v) is 14.1. The summed E-state index contributed by atoms with van der Waals surface area (Å²) in [6, 6.07) is 8.67. The first-order chi connectivity index (χ1) is 17.9. The van der Waals surface area contributed by atoms with E-state index in [1.807, 2.05) is 39.8 Å². The molecule has 0 spiro atoms. The Bertz CT molecular complexity index is 940. The van der Waals surface area contributed by atoms with Crippen molar-refractivity contribution in [3.63, 3.8) is 0 Å². The third-order valence-electron chi connectivity index (χ3n) is 9.77. The van der Waals surface area contributed by atoms with Crippen LogP contribution in [-0.4, -0.2) is 50.2 Å². The van der Waals surface area contributed by atoms with Gasteiger partial charge in [-0.2, -0.15) is 0 Å². The minimum Gasteiger partial charge on any atom is -0.464 e. The highest BCUT2D eigenvalue weighted by Crippen LogP contribution is 2.55. The molecule has 4 bridgehead atoms. The molecule has 0 heterocycles. The van der Waals surface area contributed by atoms with Gasteiger partial charge < -0.3 is 14.4 Å². The molecule has 0 aromatic heterocycles. The Balaban J connectivity index is 1.54. The van der Waals surface area contributed by atoms with E-state index < -0.39 is 10.8 Å². The summed E-state index contributed by atoms with van der Waals surface area (Å²) < 4.78 is 12.2. The number of aryl methyl sites for hydroxylation is 1. The Morgan fingerprint density at radius 1 is 0.947 bits per heavy atom. The fourth-order valence-corrected chi connectivity index (χ4v) is 8.01. The Kier molecular flexibility index (Phi) is 8.96. The lowest BCUT2D eigenvalue weighted by Gasteiger charge is -2.54. The number of rotatable bonds is 12. The lowest BCUT2D eigenvalue weighted by molar-refractivity contribution is -0.185. The maximum absolute atomic E-state index is 14.2. The van der Waals surface area contributed by atoms with Gasteiger partial charge in [-0.1, -0.05) is 36.8 Å². The summed E-state index contributed by atoms with van der Waals surface area (Å²) in [5.74, 6) is 2.56. The lowest BCUT2D eigenvalue weighted by Crippen LogP contribution is -2.51. The van der Waals surface area contributed by atoms with Crippen molar-refractivity contribution in [2.75, 3.05) is 27.2 Å². The van der Waals surface area contributed by atoms with Crippen molar-refractivity contribution in [1.82, 2.24) is 4.90 Å². The van der Waals surface area contributed by atoms with Crippen molar-refractivity contribution >= 4 is 11.9 Å². The van der Waals surface area contributed by atoms with E-state index in [1.165, 1.54) is 43.2 Å². The Hall–Kier alpha value is -1.88. The maximum Gasteiger partial charge on any atom is 0.312 e. The number of carbonyl (C=O) groups is 2. The number of nitrogens with zero attached hydrogens (tertiary/aromatic N) is 1. The molecule has 38 heavy (non-hydrogen) atoms. The van der Waals surface area contributed by atoms with E-state index >= 15 is 0 Å². The molecule has 0 N–H and O–H groups in total. The van der Waals surface area contributed by atoms with Crippen molar-refractivity contribution in [3.8, 4) is 0 Å². The molecule has 0 amide bonds. The van der Waals surface area contributed by atoms with Crippen molar-refractivity contribution < 1.29 is 19.1 Å². The number of carbonyl (C=O) groups excluding carboxylic acids is 2. The summed E-state index contributed by atoms with van der Waals surface area (Å²) in [4.78, 5) is 29.4. The maximum atomic E-state index is 14.2. The number of likely N-dealkylation sites (N-methyl/N-ethyl adjacent to an activating group) is 1. The summed E-state index contributed by atoms with van der Waals surface area (Å²) in [6.07, 6.45) is 8.28. The van der Waals surface area contributed by atoms with Gasteiger partial charge in [0.25, 0.3) is 0 Å². The van der Waals surface area contributed by atoms with Crippen LogP contribution in [0.25, 0.3) is 0 Å². The van der Waals surface area contributed by atoms with Gasteiger partial charge in [-0.25, -0.2) is 0 Å². The molecular weight excluding hydrogens is 474 g/mol. The highest BCUT2D eigenvalue weighted by molar-refractivity contribution is 5.80. The minimum atomic E-state index is -0.796. The molecule has 1 aromatic rings. The second-order valence-electron chi connectivity index (χ2n) is 14.1. The SMILES string of the molecule is CCC(CC(C)(CC(C)(C)C(=O)OCCN(C)C)C(=O)OC1C2CC3CC(C2)CC1C3)c1ccc(C)cc1. The molecule has 2 unspecified atom stereocenters. The monoisotopic (exact) mass is 525 g/mol. The van der Waals surface area contributed by atoms with E-state index in [1.54, 1.807) is 0 Å². The van der Waals surface area contributed by atoms with Gasteiger partial charge in [-0.3, -0.25) is 9.59 Å². The van der Waals surface area contributed by atoms with Gasteiger partial charge in [0.1, 0.15) is 12.7 Å². The Labute approximate surface area is 231 Å². The van der Waals surface area contributed by atoms with Crippen LogP contribution >= 0.6 is 0 Å². The quantitative estimate of drug-likeness (QED) is 0.282. The highest BCUT2D eigenvalue weighted by Gasteiger charge is 2.52. The van der Waals surface area contributed by atoms with E-state index in [0.29, 0.717) is 37.8 Å². The van der Waals surface area contributed by atoms with Gasteiger partial charge in [0.2, 0.25) is 0 Å². The van der Waals surface area contributed by atoms with Crippen molar-refractivity contribution in [2.45, 2.75) is 98.0 Å². The average molecular weight is 526 g/mol. The molecule has 5 rings (SSSR count). The summed E-state index contributed by atoms with van der Waals surface area (Å²) >= 11 is 0. The molecule has 4 saturated carbocycles. The predicted molar refractivity (Wildman–Crippen MR) is 152 cm³/mol. The van der Waals surface area contributed by atoms with Crippen LogP contribution in [0.1, 0.15) is 96.1 Å². The molecule has 0 saturated heterocycles. The normalized spacial score (nSPS) is 28.7. The second kappa shape index (κ2) is 11.7. The smallest absolute Gasteiger partial charge is 0.312 e. The Morgan fingerprint density at radius 3 is 2.05 bits per heavy atom. The van der Waals surface area contributed by atoms with E-state index in [2.05, 4.69) is 38.1 Å². The van der Waals surface area contributed by atoms with Gasteiger partial charge in [0.15, 0.2) is 0 Å². The van der Waals surface area contributed by atoms with Crippen LogP contribution in [0.5, 0.6) is 0 Å². The topological polar surface area (TPSA) is 55.8 Å². The summed E-state index contributed by atoms with van der Waals surface area (Å²) in [6.45, 7) is 11.2. The molecule has 0 aliphatic heterocycles. The van der Waals surface area contributed by atoms with Crippen LogP contribution in [0.15, 0.2) is 24.3 Å². The first-order valence-electron chi connectivity index (χ1n) is 15.0. The van der Waals surface area contributed by atoms with Crippen molar-refractivity contribution in [1.29, 1.82) is 0 Å². The molecule has 0 radical (unpaired) electrons. The number of ether oxygens (including phenoxy) is 2.